The molecule has 0 aromatic heterocycles. The fourth-order valence-electron chi connectivity index (χ4n) is 1.66. The van der Waals surface area contributed by atoms with Gasteiger partial charge in [-0.15, -0.1) is 0 Å². The summed E-state index contributed by atoms with van der Waals surface area (Å²) in [7, 11) is 0. The molecule has 1 atom stereocenters. The third-order valence-corrected chi connectivity index (χ3v) is 3.02. The molecule has 2 aliphatic heterocycles. The van der Waals surface area contributed by atoms with E-state index in [-0.39, 0.29) is 0 Å². The predicted octanol–water partition coefficient (Wildman–Crippen LogP) is 2.09. The van der Waals surface area contributed by atoms with Gasteiger partial charge in [0.05, 0.1) is 6.04 Å². The highest BCUT2D eigenvalue weighted by Crippen LogP contribution is 2.32. The number of rotatable bonds is 0. The lowest BCUT2D eigenvalue weighted by molar-refractivity contribution is 0.453. The Morgan fingerprint density at radius 1 is 1.58 bits per heavy atom. The van der Waals surface area contributed by atoms with Crippen LogP contribution >= 0.6 is 11.8 Å². The molecule has 12 heavy (non-hydrogen) atoms. The SMILES string of the molecule is C1=CC2CC(=C1)N=C1SC=CN12. The monoisotopic (exact) mass is 176 g/mol. The summed E-state index contributed by atoms with van der Waals surface area (Å²) >= 11 is 1.70. The van der Waals surface area contributed by atoms with Crippen LogP contribution in [0.5, 0.6) is 0 Å². The van der Waals surface area contributed by atoms with Crippen molar-refractivity contribution >= 4 is 16.9 Å². The largest absolute Gasteiger partial charge is 0.319 e. The van der Waals surface area contributed by atoms with E-state index in [0.717, 1.165) is 11.6 Å². The lowest BCUT2D eigenvalue weighted by Gasteiger charge is -2.31. The van der Waals surface area contributed by atoms with E-state index in [1.165, 1.54) is 5.70 Å². The molecule has 2 nitrogen and oxygen atoms in total. The van der Waals surface area contributed by atoms with Crippen LogP contribution < -0.4 is 0 Å². The van der Waals surface area contributed by atoms with Crippen LogP contribution in [0.4, 0.5) is 0 Å². The van der Waals surface area contributed by atoms with Gasteiger partial charge >= 0.3 is 0 Å². The van der Waals surface area contributed by atoms with Gasteiger partial charge in [0, 0.05) is 18.3 Å². The maximum Gasteiger partial charge on any atom is 0.173 e. The molecule has 0 aromatic rings. The fraction of sp³-hybridized carbons (Fsp3) is 0.222. The van der Waals surface area contributed by atoms with Crippen molar-refractivity contribution in [2.45, 2.75) is 12.5 Å². The van der Waals surface area contributed by atoms with Crippen molar-refractivity contribution in [2.24, 2.45) is 4.99 Å². The van der Waals surface area contributed by atoms with Crippen LogP contribution in [-0.2, 0) is 0 Å². The summed E-state index contributed by atoms with van der Waals surface area (Å²) in [6.45, 7) is 0. The lowest BCUT2D eigenvalue weighted by atomic mass is 10.0. The van der Waals surface area contributed by atoms with Crippen molar-refractivity contribution in [1.82, 2.24) is 4.90 Å². The molecule has 0 spiro atoms. The number of allylic oxidation sites excluding steroid dienone is 2. The normalized spacial score (nSPS) is 30.0. The van der Waals surface area contributed by atoms with Crippen LogP contribution in [0.25, 0.3) is 0 Å². The van der Waals surface area contributed by atoms with Gasteiger partial charge in [-0.2, -0.15) is 0 Å². The Kier molecular flexibility index (Phi) is 1.23. The maximum atomic E-state index is 4.52. The summed E-state index contributed by atoms with van der Waals surface area (Å²) in [5.41, 5.74) is 1.21. The molecule has 60 valence electrons. The van der Waals surface area contributed by atoms with E-state index in [0.29, 0.717) is 6.04 Å². The Hall–Kier alpha value is -0.960. The van der Waals surface area contributed by atoms with Gasteiger partial charge < -0.3 is 4.90 Å². The van der Waals surface area contributed by atoms with Gasteiger partial charge in [-0.1, -0.05) is 23.9 Å². The van der Waals surface area contributed by atoms with Crippen molar-refractivity contribution in [3.63, 3.8) is 0 Å². The third kappa shape index (κ3) is 0.799. The van der Waals surface area contributed by atoms with E-state index in [1.54, 1.807) is 11.8 Å². The molecule has 2 heterocycles. The number of amidine groups is 1. The molecular formula is C9H8N2S. The average molecular weight is 176 g/mol. The highest BCUT2D eigenvalue weighted by Gasteiger charge is 2.28. The summed E-state index contributed by atoms with van der Waals surface area (Å²) in [6, 6.07) is 0.517. The van der Waals surface area contributed by atoms with Crippen molar-refractivity contribution in [1.29, 1.82) is 0 Å². The minimum Gasteiger partial charge on any atom is -0.319 e. The van der Waals surface area contributed by atoms with Crippen LogP contribution in [0, 0.1) is 0 Å². The van der Waals surface area contributed by atoms with Gasteiger partial charge in [0.25, 0.3) is 0 Å². The molecule has 0 amide bonds. The van der Waals surface area contributed by atoms with E-state index in [2.05, 4.69) is 39.7 Å². The molecule has 3 heteroatoms. The number of fused-ring (bicyclic) bond motifs is 4. The molecule has 0 fully saturated rings. The molecule has 1 aliphatic carbocycles. The van der Waals surface area contributed by atoms with Gasteiger partial charge in [-0.3, -0.25) is 0 Å². The standard InChI is InChI=1S/C9H8N2S/c1-2-7-6-8(3-1)11-4-5-12-9(11)10-7/h1-5,8H,6H2. The first kappa shape index (κ1) is 6.54. The Morgan fingerprint density at radius 2 is 2.58 bits per heavy atom. The van der Waals surface area contributed by atoms with Gasteiger partial charge in [0.2, 0.25) is 0 Å². The van der Waals surface area contributed by atoms with E-state index >= 15 is 0 Å². The molecular weight excluding hydrogens is 168 g/mol. The molecule has 0 saturated heterocycles. The molecule has 0 radical (unpaired) electrons. The Labute approximate surface area is 75.4 Å². The smallest absolute Gasteiger partial charge is 0.173 e. The molecule has 3 aliphatic rings. The van der Waals surface area contributed by atoms with Gasteiger partial charge in [-0.05, 0) is 11.5 Å². The van der Waals surface area contributed by atoms with Crippen LogP contribution in [0.2, 0.25) is 0 Å². The second-order valence-corrected chi connectivity index (χ2v) is 3.89. The first-order valence-corrected chi connectivity index (χ1v) is 4.89. The molecule has 3 rings (SSSR count). The molecule has 0 saturated carbocycles. The summed E-state index contributed by atoms with van der Waals surface area (Å²) < 4.78 is 0. The average Bonchev–Trinajstić information content (AvgIpc) is 2.53. The highest BCUT2D eigenvalue weighted by atomic mass is 32.2. The summed E-state index contributed by atoms with van der Waals surface area (Å²) in [5, 5.41) is 3.22. The van der Waals surface area contributed by atoms with Crippen molar-refractivity contribution in [2.75, 3.05) is 0 Å². The van der Waals surface area contributed by atoms with Crippen LogP contribution in [0.3, 0.4) is 0 Å². The minimum atomic E-state index is 0.517. The second kappa shape index (κ2) is 2.26. The van der Waals surface area contributed by atoms with Crippen molar-refractivity contribution in [3.8, 4) is 0 Å². The quantitative estimate of drug-likeness (QED) is 0.561. The van der Waals surface area contributed by atoms with Gasteiger partial charge in [-0.25, -0.2) is 4.99 Å². The Bertz CT molecular complexity index is 338. The van der Waals surface area contributed by atoms with Crippen LogP contribution in [0.15, 0.2) is 40.5 Å². The topological polar surface area (TPSA) is 15.6 Å². The number of nitrogens with zero attached hydrogens (tertiary/aromatic N) is 2. The molecule has 2 bridgehead atoms. The summed E-state index contributed by atoms with van der Waals surface area (Å²) in [6.07, 6.45) is 9.60. The summed E-state index contributed by atoms with van der Waals surface area (Å²) in [5.74, 6) is 0. The van der Waals surface area contributed by atoms with E-state index in [9.17, 15) is 0 Å². The third-order valence-electron chi connectivity index (χ3n) is 2.25. The molecule has 0 N–H and O–H groups in total. The molecule has 1 unspecified atom stereocenters. The van der Waals surface area contributed by atoms with E-state index < -0.39 is 0 Å². The second-order valence-electron chi connectivity index (χ2n) is 3.02. The van der Waals surface area contributed by atoms with Crippen LogP contribution in [0.1, 0.15) is 6.42 Å². The number of hydrogen-bond donors (Lipinski definition) is 0. The van der Waals surface area contributed by atoms with E-state index in [4.69, 9.17) is 0 Å². The lowest BCUT2D eigenvalue weighted by Crippen LogP contribution is -2.35. The zero-order valence-corrected chi connectivity index (χ0v) is 7.29. The first-order chi connectivity index (χ1) is 5.93. The zero-order valence-electron chi connectivity index (χ0n) is 6.47. The van der Waals surface area contributed by atoms with Crippen molar-refractivity contribution in [3.05, 3.63) is 35.5 Å². The Morgan fingerprint density at radius 3 is 3.58 bits per heavy atom. The first-order valence-electron chi connectivity index (χ1n) is 4.01. The number of aliphatic imine (C=N–C) groups is 1. The number of hydrogen-bond acceptors (Lipinski definition) is 3. The number of thioether (sulfide) groups is 1. The van der Waals surface area contributed by atoms with E-state index in [1.807, 2.05) is 0 Å². The summed E-state index contributed by atoms with van der Waals surface area (Å²) in [4.78, 5) is 6.75. The Balaban J connectivity index is 2.11. The van der Waals surface area contributed by atoms with Crippen molar-refractivity contribution < 1.29 is 0 Å². The zero-order chi connectivity index (χ0) is 7.97. The molecule has 0 aromatic carbocycles. The van der Waals surface area contributed by atoms with Gasteiger partial charge in [0.15, 0.2) is 5.17 Å². The minimum absolute atomic E-state index is 0.517. The van der Waals surface area contributed by atoms with Crippen LogP contribution in [-0.4, -0.2) is 16.1 Å². The highest BCUT2D eigenvalue weighted by molar-refractivity contribution is 8.16. The van der Waals surface area contributed by atoms with Gasteiger partial charge in [0.1, 0.15) is 0 Å². The maximum absolute atomic E-state index is 4.52. The predicted molar refractivity (Wildman–Crippen MR) is 51.6 cm³/mol. The fourth-order valence-corrected chi connectivity index (χ4v) is 2.46.